The molecule has 0 heterocycles. The predicted octanol–water partition coefficient (Wildman–Crippen LogP) is 3.90. The lowest BCUT2D eigenvalue weighted by atomic mass is 10.1. The molecule has 0 saturated heterocycles. The van der Waals surface area contributed by atoms with Crippen molar-refractivity contribution in [3.05, 3.63) is 33.8 Å². The molecule has 0 aliphatic heterocycles. The molecule has 0 fully saturated rings. The van der Waals surface area contributed by atoms with Crippen molar-refractivity contribution >= 4 is 23.2 Å². The molecule has 86 valence electrons. The van der Waals surface area contributed by atoms with Gasteiger partial charge in [-0.3, -0.25) is 4.90 Å². The molecule has 0 N–H and O–H groups in total. The number of nitrogens with zero attached hydrogens (tertiary/aromatic N) is 2. The van der Waals surface area contributed by atoms with Crippen molar-refractivity contribution in [1.82, 2.24) is 4.90 Å². The van der Waals surface area contributed by atoms with E-state index in [9.17, 15) is 5.26 Å². The van der Waals surface area contributed by atoms with Crippen LogP contribution in [0, 0.1) is 11.3 Å². The van der Waals surface area contributed by atoms with E-state index in [0.29, 0.717) is 10.0 Å². The van der Waals surface area contributed by atoms with Gasteiger partial charge in [0.15, 0.2) is 0 Å². The Hall–Kier alpha value is -0.750. The van der Waals surface area contributed by atoms with E-state index in [1.54, 1.807) is 12.1 Å². The highest BCUT2D eigenvalue weighted by molar-refractivity contribution is 6.35. The van der Waals surface area contributed by atoms with Gasteiger partial charge in [0.25, 0.3) is 0 Å². The highest BCUT2D eigenvalue weighted by Crippen LogP contribution is 2.29. The summed E-state index contributed by atoms with van der Waals surface area (Å²) in [6.45, 7) is 5.68. The van der Waals surface area contributed by atoms with Crippen LogP contribution in [0.3, 0.4) is 0 Å². The van der Waals surface area contributed by atoms with E-state index in [1.807, 2.05) is 19.9 Å². The molecule has 0 aromatic heterocycles. The van der Waals surface area contributed by atoms with Gasteiger partial charge in [0, 0.05) is 15.6 Å². The Labute approximate surface area is 106 Å². The Balaban J connectivity index is 3.09. The first-order valence-corrected chi connectivity index (χ1v) is 5.98. The van der Waals surface area contributed by atoms with Gasteiger partial charge in [-0.2, -0.15) is 5.26 Å². The Kier molecular flexibility index (Phi) is 5.08. The van der Waals surface area contributed by atoms with Crippen molar-refractivity contribution in [3.8, 4) is 6.07 Å². The van der Waals surface area contributed by atoms with Gasteiger partial charge in [-0.25, -0.2) is 0 Å². The fraction of sp³-hybridized carbons (Fsp3) is 0.417. The van der Waals surface area contributed by atoms with Crippen LogP contribution >= 0.6 is 23.2 Å². The van der Waals surface area contributed by atoms with Crippen LogP contribution in [0.5, 0.6) is 0 Å². The number of hydrogen-bond donors (Lipinski definition) is 0. The van der Waals surface area contributed by atoms with Crippen LogP contribution in [0.2, 0.25) is 10.0 Å². The zero-order chi connectivity index (χ0) is 12.1. The van der Waals surface area contributed by atoms with Gasteiger partial charge in [-0.05, 0) is 25.2 Å². The summed E-state index contributed by atoms with van der Waals surface area (Å²) >= 11 is 11.9. The Morgan fingerprint density at radius 3 is 2.38 bits per heavy atom. The SMILES string of the molecule is CCN(CC)C(C#N)c1ccc(Cl)cc1Cl. The van der Waals surface area contributed by atoms with Crippen molar-refractivity contribution in [2.24, 2.45) is 0 Å². The Morgan fingerprint density at radius 1 is 1.31 bits per heavy atom. The number of halogens is 2. The van der Waals surface area contributed by atoms with Crippen molar-refractivity contribution in [2.45, 2.75) is 19.9 Å². The summed E-state index contributed by atoms with van der Waals surface area (Å²) in [7, 11) is 0. The molecule has 16 heavy (non-hydrogen) atoms. The van der Waals surface area contributed by atoms with Gasteiger partial charge in [0.05, 0.1) is 6.07 Å². The van der Waals surface area contributed by atoms with Gasteiger partial charge in [-0.1, -0.05) is 43.1 Å². The second-order valence-corrected chi connectivity index (χ2v) is 4.26. The molecule has 0 aliphatic rings. The third-order valence-corrected chi connectivity index (χ3v) is 3.12. The monoisotopic (exact) mass is 256 g/mol. The van der Waals surface area contributed by atoms with Crippen molar-refractivity contribution in [1.29, 1.82) is 5.26 Å². The maximum atomic E-state index is 9.22. The molecule has 1 atom stereocenters. The van der Waals surface area contributed by atoms with E-state index >= 15 is 0 Å². The molecule has 0 bridgehead atoms. The summed E-state index contributed by atoms with van der Waals surface area (Å²) in [5, 5.41) is 10.4. The molecule has 0 amide bonds. The average Bonchev–Trinajstić information content (AvgIpc) is 2.27. The van der Waals surface area contributed by atoms with Gasteiger partial charge in [-0.15, -0.1) is 0 Å². The summed E-state index contributed by atoms with van der Waals surface area (Å²) in [6, 6.07) is 7.22. The molecular weight excluding hydrogens is 243 g/mol. The number of rotatable bonds is 4. The fourth-order valence-electron chi connectivity index (χ4n) is 1.66. The Morgan fingerprint density at radius 2 is 1.94 bits per heavy atom. The van der Waals surface area contributed by atoms with Crippen molar-refractivity contribution < 1.29 is 0 Å². The van der Waals surface area contributed by atoms with Crippen molar-refractivity contribution in [2.75, 3.05) is 13.1 Å². The smallest absolute Gasteiger partial charge is 0.125 e. The molecule has 1 rings (SSSR count). The summed E-state index contributed by atoms with van der Waals surface area (Å²) in [4.78, 5) is 2.05. The molecule has 0 radical (unpaired) electrons. The number of nitriles is 1. The minimum absolute atomic E-state index is 0.306. The van der Waals surface area contributed by atoms with Crippen LogP contribution in [0.25, 0.3) is 0 Å². The highest BCUT2D eigenvalue weighted by Gasteiger charge is 2.19. The van der Waals surface area contributed by atoms with Crippen LogP contribution in [-0.2, 0) is 0 Å². The summed E-state index contributed by atoms with van der Waals surface area (Å²) < 4.78 is 0. The lowest BCUT2D eigenvalue weighted by Crippen LogP contribution is -2.27. The standard InChI is InChI=1S/C12H14Cl2N2/c1-3-16(4-2)12(8-15)10-6-5-9(13)7-11(10)14/h5-7,12H,3-4H2,1-2H3. The maximum Gasteiger partial charge on any atom is 0.125 e. The molecule has 4 heteroatoms. The van der Waals surface area contributed by atoms with Crippen molar-refractivity contribution in [3.63, 3.8) is 0 Å². The summed E-state index contributed by atoms with van der Waals surface area (Å²) in [5.41, 5.74) is 0.817. The molecule has 1 aromatic rings. The van der Waals surface area contributed by atoms with E-state index in [2.05, 4.69) is 11.0 Å². The second kappa shape index (κ2) is 6.10. The molecule has 2 nitrogen and oxygen atoms in total. The molecule has 1 aromatic carbocycles. The Bertz CT molecular complexity index is 394. The largest absolute Gasteiger partial charge is 0.285 e. The molecule has 0 saturated carbocycles. The van der Waals surface area contributed by atoms with E-state index in [-0.39, 0.29) is 6.04 Å². The number of benzene rings is 1. The summed E-state index contributed by atoms with van der Waals surface area (Å²) in [5.74, 6) is 0. The zero-order valence-corrected chi connectivity index (χ0v) is 10.9. The van der Waals surface area contributed by atoms with Gasteiger partial charge >= 0.3 is 0 Å². The fourth-order valence-corrected chi connectivity index (χ4v) is 2.17. The van der Waals surface area contributed by atoms with Gasteiger partial charge in [0.2, 0.25) is 0 Å². The minimum atomic E-state index is -0.306. The third-order valence-electron chi connectivity index (χ3n) is 2.56. The first-order chi connectivity index (χ1) is 7.63. The van der Waals surface area contributed by atoms with Gasteiger partial charge < -0.3 is 0 Å². The van der Waals surface area contributed by atoms with E-state index < -0.39 is 0 Å². The number of hydrogen-bond acceptors (Lipinski definition) is 2. The zero-order valence-electron chi connectivity index (χ0n) is 9.37. The first-order valence-electron chi connectivity index (χ1n) is 5.22. The van der Waals surface area contributed by atoms with Crippen LogP contribution < -0.4 is 0 Å². The molecule has 0 aliphatic carbocycles. The molecule has 1 unspecified atom stereocenters. The predicted molar refractivity (Wildman–Crippen MR) is 67.7 cm³/mol. The lowest BCUT2D eigenvalue weighted by Gasteiger charge is -2.24. The second-order valence-electron chi connectivity index (χ2n) is 3.42. The van der Waals surface area contributed by atoms with Crippen LogP contribution in [0.1, 0.15) is 25.5 Å². The summed E-state index contributed by atoms with van der Waals surface area (Å²) in [6.07, 6.45) is 0. The average molecular weight is 257 g/mol. The van der Waals surface area contributed by atoms with E-state index in [4.69, 9.17) is 23.2 Å². The molecule has 0 spiro atoms. The topological polar surface area (TPSA) is 27.0 Å². The minimum Gasteiger partial charge on any atom is -0.285 e. The molecular formula is C12H14Cl2N2. The normalized spacial score (nSPS) is 12.5. The highest BCUT2D eigenvalue weighted by atomic mass is 35.5. The van der Waals surface area contributed by atoms with Gasteiger partial charge in [0.1, 0.15) is 6.04 Å². The van der Waals surface area contributed by atoms with Crippen LogP contribution in [0.4, 0.5) is 0 Å². The first kappa shape index (κ1) is 13.3. The van der Waals surface area contributed by atoms with Crippen LogP contribution in [0.15, 0.2) is 18.2 Å². The van der Waals surface area contributed by atoms with E-state index in [0.717, 1.165) is 18.7 Å². The quantitative estimate of drug-likeness (QED) is 0.817. The van der Waals surface area contributed by atoms with Crippen LogP contribution in [-0.4, -0.2) is 18.0 Å². The van der Waals surface area contributed by atoms with E-state index in [1.165, 1.54) is 0 Å². The third kappa shape index (κ3) is 2.89. The lowest BCUT2D eigenvalue weighted by molar-refractivity contribution is 0.262. The maximum absolute atomic E-state index is 9.22.